The molecule has 0 saturated heterocycles. The van der Waals surface area contributed by atoms with Crippen molar-refractivity contribution in [3.8, 4) is 11.5 Å². The highest BCUT2D eigenvalue weighted by atomic mass is 79.9. The highest BCUT2D eigenvalue weighted by Gasteiger charge is 2.11. The molecule has 0 aliphatic carbocycles. The standard InChI is InChI=1S/C14H19BrN4O2/c1-20-13-7-12(15)14(21-2)6-10(13)8-19-9-11(17-18-19)4-3-5-16/h6-7,9H,3-5,8,16H2,1-2H3. The zero-order valence-electron chi connectivity index (χ0n) is 12.2. The van der Waals surface area contributed by atoms with Crippen molar-refractivity contribution < 1.29 is 9.47 Å². The molecule has 7 heteroatoms. The van der Waals surface area contributed by atoms with Gasteiger partial charge in [-0.05, 0) is 47.4 Å². The lowest BCUT2D eigenvalue weighted by molar-refractivity contribution is 0.394. The number of hydrogen-bond acceptors (Lipinski definition) is 5. The van der Waals surface area contributed by atoms with Crippen molar-refractivity contribution in [1.29, 1.82) is 0 Å². The Balaban J connectivity index is 2.19. The summed E-state index contributed by atoms with van der Waals surface area (Å²) in [5, 5.41) is 8.28. The Hall–Kier alpha value is -1.60. The summed E-state index contributed by atoms with van der Waals surface area (Å²) in [7, 11) is 3.28. The van der Waals surface area contributed by atoms with Gasteiger partial charge in [-0.3, -0.25) is 0 Å². The molecule has 114 valence electrons. The van der Waals surface area contributed by atoms with E-state index in [1.165, 1.54) is 0 Å². The first kappa shape index (κ1) is 15.8. The molecule has 1 heterocycles. The topological polar surface area (TPSA) is 75.2 Å². The van der Waals surface area contributed by atoms with Gasteiger partial charge in [-0.1, -0.05) is 5.21 Å². The van der Waals surface area contributed by atoms with Crippen LogP contribution in [0.2, 0.25) is 0 Å². The van der Waals surface area contributed by atoms with E-state index in [1.54, 1.807) is 18.9 Å². The van der Waals surface area contributed by atoms with Crippen LogP contribution in [0.3, 0.4) is 0 Å². The van der Waals surface area contributed by atoms with Gasteiger partial charge in [0, 0.05) is 11.8 Å². The zero-order chi connectivity index (χ0) is 15.2. The van der Waals surface area contributed by atoms with E-state index in [0.29, 0.717) is 13.1 Å². The van der Waals surface area contributed by atoms with Crippen LogP contribution >= 0.6 is 15.9 Å². The van der Waals surface area contributed by atoms with Gasteiger partial charge in [0.15, 0.2) is 0 Å². The third-order valence-corrected chi connectivity index (χ3v) is 3.73. The van der Waals surface area contributed by atoms with E-state index in [2.05, 4.69) is 26.2 Å². The Kier molecular flexibility index (Phi) is 5.58. The Morgan fingerprint density at radius 3 is 2.67 bits per heavy atom. The number of benzene rings is 1. The number of nitrogens with zero attached hydrogens (tertiary/aromatic N) is 3. The van der Waals surface area contributed by atoms with Gasteiger partial charge in [0.05, 0.1) is 30.9 Å². The third kappa shape index (κ3) is 3.95. The summed E-state index contributed by atoms with van der Waals surface area (Å²) in [6.07, 6.45) is 3.69. The monoisotopic (exact) mass is 354 g/mol. The second-order valence-corrected chi connectivity index (χ2v) is 5.45. The first-order valence-corrected chi connectivity index (χ1v) is 7.46. The van der Waals surface area contributed by atoms with Crippen LogP contribution in [0.25, 0.3) is 0 Å². The lowest BCUT2D eigenvalue weighted by Gasteiger charge is -2.12. The van der Waals surface area contributed by atoms with E-state index >= 15 is 0 Å². The average molecular weight is 355 g/mol. The molecule has 0 aliphatic rings. The fourth-order valence-electron chi connectivity index (χ4n) is 2.04. The Morgan fingerprint density at radius 1 is 1.24 bits per heavy atom. The molecule has 0 radical (unpaired) electrons. The molecule has 0 bridgehead atoms. The Morgan fingerprint density at radius 2 is 2.00 bits per heavy atom. The second kappa shape index (κ2) is 7.42. The summed E-state index contributed by atoms with van der Waals surface area (Å²) >= 11 is 3.45. The van der Waals surface area contributed by atoms with Gasteiger partial charge in [0.25, 0.3) is 0 Å². The smallest absolute Gasteiger partial charge is 0.133 e. The van der Waals surface area contributed by atoms with Crippen LogP contribution < -0.4 is 15.2 Å². The molecule has 0 unspecified atom stereocenters. The SMILES string of the molecule is COc1cc(Cn2cc(CCCN)nn2)c(OC)cc1Br. The molecule has 6 nitrogen and oxygen atoms in total. The number of hydrogen-bond donors (Lipinski definition) is 1. The van der Waals surface area contributed by atoms with E-state index in [1.807, 2.05) is 18.3 Å². The fraction of sp³-hybridized carbons (Fsp3) is 0.429. The number of aromatic nitrogens is 3. The summed E-state index contributed by atoms with van der Waals surface area (Å²) in [4.78, 5) is 0. The molecular weight excluding hydrogens is 336 g/mol. The van der Waals surface area contributed by atoms with Crippen molar-refractivity contribution >= 4 is 15.9 Å². The molecule has 2 N–H and O–H groups in total. The van der Waals surface area contributed by atoms with Gasteiger partial charge in [0.1, 0.15) is 11.5 Å². The Bertz CT molecular complexity index is 601. The first-order valence-electron chi connectivity index (χ1n) is 6.67. The predicted octanol–water partition coefficient (Wildman–Crippen LogP) is 2.00. The van der Waals surface area contributed by atoms with Crippen molar-refractivity contribution in [3.63, 3.8) is 0 Å². The number of nitrogens with two attached hydrogens (primary N) is 1. The molecule has 2 aromatic rings. The minimum absolute atomic E-state index is 0.572. The zero-order valence-corrected chi connectivity index (χ0v) is 13.8. The highest BCUT2D eigenvalue weighted by Crippen LogP contribution is 2.33. The van der Waals surface area contributed by atoms with E-state index in [-0.39, 0.29) is 0 Å². The molecule has 1 aromatic carbocycles. The van der Waals surface area contributed by atoms with Crippen LogP contribution in [0, 0.1) is 0 Å². The van der Waals surface area contributed by atoms with Gasteiger partial charge in [-0.15, -0.1) is 5.10 Å². The van der Waals surface area contributed by atoms with E-state index < -0.39 is 0 Å². The Labute approximate surface area is 132 Å². The third-order valence-electron chi connectivity index (χ3n) is 3.11. The molecule has 21 heavy (non-hydrogen) atoms. The van der Waals surface area contributed by atoms with Crippen LogP contribution in [0.5, 0.6) is 11.5 Å². The normalized spacial score (nSPS) is 10.7. The fourth-order valence-corrected chi connectivity index (χ4v) is 2.52. The quantitative estimate of drug-likeness (QED) is 0.822. The summed E-state index contributed by atoms with van der Waals surface area (Å²) in [6.45, 7) is 1.23. The molecule has 0 aliphatic heterocycles. The maximum atomic E-state index is 5.50. The average Bonchev–Trinajstić information content (AvgIpc) is 2.94. The predicted molar refractivity (Wildman–Crippen MR) is 83.7 cm³/mol. The molecule has 1 aromatic heterocycles. The van der Waals surface area contributed by atoms with Gasteiger partial charge in [-0.25, -0.2) is 4.68 Å². The van der Waals surface area contributed by atoms with E-state index in [4.69, 9.17) is 15.2 Å². The summed E-state index contributed by atoms with van der Waals surface area (Å²) in [6, 6.07) is 3.82. The largest absolute Gasteiger partial charge is 0.496 e. The number of rotatable bonds is 7. The van der Waals surface area contributed by atoms with Gasteiger partial charge < -0.3 is 15.2 Å². The molecule has 2 rings (SSSR count). The summed E-state index contributed by atoms with van der Waals surface area (Å²) < 4.78 is 13.4. The lowest BCUT2D eigenvalue weighted by Crippen LogP contribution is -2.03. The summed E-state index contributed by atoms with van der Waals surface area (Å²) in [5.41, 5.74) is 7.43. The van der Waals surface area contributed by atoms with Gasteiger partial charge in [0.2, 0.25) is 0 Å². The van der Waals surface area contributed by atoms with Crippen LogP contribution in [0.15, 0.2) is 22.8 Å². The number of halogens is 1. The van der Waals surface area contributed by atoms with E-state index in [9.17, 15) is 0 Å². The number of aryl methyl sites for hydroxylation is 1. The van der Waals surface area contributed by atoms with E-state index in [0.717, 1.165) is 40.1 Å². The van der Waals surface area contributed by atoms with Crippen molar-refractivity contribution in [2.45, 2.75) is 19.4 Å². The van der Waals surface area contributed by atoms with Crippen molar-refractivity contribution in [2.24, 2.45) is 5.73 Å². The van der Waals surface area contributed by atoms with Crippen LogP contribution in [0.4, 0.5) is 0 Å². The van der Waals surface area contributed by atoms with Crippen molar-refractivity contribution in [3.05, 3.63) is 34.1 Å². The maximum absolute atomic E-state index is 5.50. The van der Waals surface area contributed by atoms with Gasteiger partial charge in [-0.2, -0.15) is 0 Å². The van der Waals surface area contributed by atoms with Crippen LogP contribution in [-0.4, -0.2) is 35.8 Å². The van der Waals surface area contributed by atoms with Crippen LogP contribution in [-0.2, 0) is 13.0 Å². The lowest BCUT2D eigenvalue weighted by atomic mass is 10.2. The molecule has 0 fully saturated rings. The minimum Gasteiger partial charge on any atom is -0.496 e. The van der Waals surface area contributed by atoms with Gasteiger partial charge >= 0.3 is 0 Å². The number of ether oxygens (including phenoxy) is 2. The molecule has 0 saturated carbocycles. The molecule has 0 atom stereocenters. The number of methoxy groups -OCH3 is 2. The molecule has 0 amide bonds. The summed E-state index contributed by atoms with van der Waals surface area (Å²) in [5.74, 6) is 1.54. The molecular formula is C14H19BrN4O2. The maximum Gasteiger partial charge on any atom is 0.133 e. The minimum atomic E-state index is 0.572. The van der Waals surface area contributed by atoms with Crippen LogP contribution in [0.1, 0.15) is 17.7 Å². The van der Waals surface area contributed by atoms with Crippen molar-refractivity contribution in [1.82, 2.24) is 15.0 Å². The highest BCUT2D eigenvalue weighted by molar-refractivity contribution is 9.10. The molecule has 0 spiro atoms. The van der Waals surface area contributed by atoms with Crippen molar-refractivity contribution in [2.75, 3.05) is 20.8 Å². The first-order chi connectivity index (χ1) is 10.2. The second-order valence-electron chi connectivity index (χ2n) is 4.60.